The number of fused-ring (bicyclic) bond motifs is 1. The lowest BCUT2D eigenvalue weighted by molar-refractivity contribution is 0.200. The Morgan fingerprint density at radius 2 is 2.31 bits per heavy atom. The van der Waals surface area contributed by atoms with Crippen LogP contribution in [-0.4, -0.2) is 23.8 Å². The molecule has 6 nitrogen and oxygen atoms in total. The van der Waals surface area contributed by atoms with E-state index in [0.29, 0.717) is 12.1 Å². The Hall–Kier alpha value is -2.20. The van der Waals surface area contributed by atoms with Crippen molar-refractivity contribution >= 4 is 11.8 Å². The van der Waals surface area contributed by atoms with Gasteiger partial charge < -0.3 is 5.11 Å². The molecule has 1 aliphatic heterocycles. The summed E-state index contributed by atoms with van der Waals surface area (Å²) in [6, 6.07) is 6.93. The zero-order valence-electron chi connectivity index (χ0n) is 8.45. The van der Waals surface area contributed by atoms with Crippen LogP contribution in [0.4, 0.5) is 10.5 Å². The van der Waals surface area contributed by atoms with Gasteiger partial charge in [0, 0.05) is 11.5 Å². The molecule has 0 fully saturated rings. The SMILES string of the molecule is [N-]=[N+]=NC1Cc2ccccc2N(C(=O)O)C1. The summed E-state index contributed by atoms with van der Waals surface area (Å²) in [6.07, 6.45) is -0.436. The van der Waals surface area contributed by atoms with E-state index in [9.17, 15) is 4.79 Å². The number of carbonyl (C=O) groups is 1. The summed E-state index contributed by atoms with van der Waals surface area (Å²) >= 11 is 0. The van der Waals surface area contributed by atoms with Crippen molar-refractivity contribution in [3.05, 3.63) is 40.3 Å². The molecule has 0 aliphatic carbocycles. The molecule has 1 atom stereocenters. The molecule has 1 aromatic carbocycles. The number of nitrogens with zero attached hydrogens (tertiary/aromatic N) is 4. The minimum atomic E-state index is -1.02. The molecule has 1 aromatic rings. The standard InChI is InChI=1S/C10H10N4O2/c11-13-12-8-5-7-3-1-2-4-9(7)14(6-8)10(15)16/h1-4,8H,5-6H2,(H,15,16). The molecule has 0 spiro atoms. The second-order valence-electron chi connectivity index (χ2n) is 3.58. The fourth-order valence-corrected chi connectivity index (χ4v) is 1.91. The number of para-hydroxylation sites is 1. The molecule has 1 aliphatic rings. The summed E-state index contributed by atoms with van der Waals surface area (Å²) in [5.41, 5.74) is 9.96. The van der Waals surface area contributed by atoms with Crippen LogP contribution in [0.2, 0.25) is 0 Å². The van der Waals surface area contributed by atoms with Crippen LogP contribution in [0.5, 0.6) is 0 Å². The third kappa shape index (κ3) is 1.78. The van der Waals surface area contributed by atoms with Crippen LogP contribution < -0.4 is 4.90 Å². The third-order valence-electron chi connectivity index (χ3n) is 2.58. The molecule has 0 radical (unpaired) electrons. The number of carboxylic acid groups (broad SMARTS) is 1. The van der Waals surface area contributed by atoms with Crippen LogP contribution in [0.1, 0.15) is 5.56 Å². The normalized spacial score (nSPS) is 18.5. The minimum Gasteiger partial charge on any atom is -0.465 e. The lowest BCUT2D eigenvalue weighted by atomic mass is 9.99. The topological polar surface area (TPSA) is 89.3 Å². The summed E-state index contributed by atoms with van der Waals surface area (Å²) in [7, 11) is 0. The fraction of sp³-hybridized carbons (Fsp3) is 0.300. The van der Waals surface area contributed by atoms with Gasteiger partial charge in [-0.25, -0.2) is 4.79 Å². The number of amides is 1. The van der Waals surface area contributed by atoms with E-state index >= 15 is 0 Å². The molecular formula is C10H10N4O2. The highest BCUT2D eigenvalue weighted by molar-refractivity contribution is 5.88. The number of azide groups is 1. The maximum Gasteiger partial charge on any atom is 0.411 e. The van der Waals surface area contributed by atoms with Crippen LogP contribution in [0.25, 0.3) is 10.4 Å². The van der Waals surface area contributed by atoms with Gasteiger partial charge in [0.25, 0.3) is 0 Å². The van der Waals surface area contributed by atoms with Crippen molar-refractivity contribution in [2.75, 3.05) is 11.4 Å². The maximum atomic E-state index is 11.1. The monoisotopic (exact) mass is 218 g/mol. The predicted octanol–water partition coefficient (Wildman–Crippen LogP) is 2.41. The Morgan fingerprint density at radius 1 is 1.56 bits per heavy atom. The highest BCUT2D eigenvalue weighted by Crippen LogP contribution is 2.27. The number of anilines is 1. The maximum absolute atomic E-state index is 11.1. The third-order valence-corrected chi connectivity index (χ3v) is 2.58. The van der Waals surface area contributed by atoms with E-state index in [4.69, 9.17) is 10.6 Å². The molecule has 1 heterocycles. The van der Waals surface area contributed by atoms with Gasteiger partial charge in [-0.1, -0.05) is 23.3 Å². The second-order valence-corrected chi connectivity index (χ2v) is 3.58. The lowest BCUT2D eigenvalue weighted by Gasteiger charge is -2.30. The van der Waals surface area contributed by atoms with Crippen LogP contribution in [-0.2, 0) is 6.42 Å². The van der Waals surface area contributed by atoms with E-state index in [1.807, 2.05) is 12.1 Å². The highest BCUT2D eigenvalue weighted by atomic mass is 16.4. The molecule has 16 heavy (non-hydrogen) atoms. The molecule has 0 bridgehead atoms. The smallest absolute Gasteiger partial charge is 0.411 e. The van der Waals surface area contributed by atoms with Gasteiger partial charge in [0.1, 0.15) is 0 Å². The van der Waals surface area contributed by atoms with Crippen molar-refractivity contribution in [1.29, 1.82) is 0 Å². The molecule has 0 saturated heterocycles. The summed E-state index contributed by atoms with van der Waals surface area (Å²) in [5, 5.41) is 12.7. The summed E-state index contributed by atoms with van der Waals surface area (Å²) in [5.74, 6) is 0. The largest absolute Gasteiger partial charge is 0.465 e. The first-order chi connectivity index (χ1) is 7.72. The predicted molar refractivity (Wildman–Crippen MR) is 58.5 cm³/mol. The van der Waals surface area contributed by atoms with Gasteiger partial charge in [-0.3, -0.25) is 4.90 Å². The number of hydrogen-bond donors (Lipinski definition) is 1. The molecular weight excluding hydrogens is 208 g/mol. The number of rotatable bonds is 1. The summed E-state index contributed by atoms with van der Waals surface area (Å²) < 4.78 is 0. The Morgan fingerprint density at radius 3 is 3.00 bits per heavy atom. The van der Waals surface area contributed by atoms with Crippen molar-refractivity contribution in [3.8, 4) is 0 Å². The zero-order chi connectivity index (χ0) is 11.5. The molecule has 2 rings (SSSR count). The Balaban J connectivity index is 2.40. The molecule has 1 unspecified atom stereocenters. The van der Waals surface area contributed by atoms with Crippen molar-refractivity contribution in [2.24, 2.45) is 5.11 Å². The van der Waals surface area contributed by atoms with E-state index in [-0.39, 0.29) is 12.6 Å². The van der Waals surface area contributed by atoms with Gasteiger partial charge in [-0.05, 0) is 23.6 Å². The fourth-order valence-electron chi connectivity index (χ4n) is 1.91. The summed E-state index contributed by atoms with van der Waals surface area (Å²) in [6.45, 7) is 0.219. The molecule has 0 aromatic heterocycles. The van der Waals surface area contributed by atoms with E-state index in [1.54, 1.807) is 12.1 Å². The van der Waals surface area contributed by atoms with Crippen molar-refractivity contribution in [2.45, 2.75) is 12.5 Å². The number of benzene rings is 1. The van der Waals surface area contributed by atoms with E-state index in [1.165, 1.54) is 4.90 Å². The molecule has 6 heteroatoms. The second kappa shape index (κ2) is 4.12. The van der Waals surface area contributed by atoms with Gasteiger partial charge in [-0.15, -0.1) is 0 Å². The van der Waals surface area contributed by atoms with Crippen molar-refractivity contribution < 1.29 is 9.90 Å². The number of hydrogen-bond acceptors (Lipinski definition) is 2. The first-order valence-corrected chi connectivity index (χ1v) is 4.85. The highest BCUT2D eigenvalue weighted by Gasteiger charge is 2.27. The molecule has 1 N–H and O–H groups in total. The van der Waals surface area contributed by atoms with Crippen LogP contribution in [0.3, 0.4) is 0 Å². The average molecular weight is 218 g/mol. The van der Waals surface area contributed by atoms with Crippen LogP contribution in [0.15, 0.2) is 29.4 Å². The van der Waals surface area contributed by atoms with E-state index < -0.39 is 6.09 Å². The molecule has 1 amide bonds. The van der Waals surface area contributed by atoms with Gasteiger partial charge in [0.2, 0.25) is 0 Å². The van der Waals surface area contributed by atoms with Crippen LogP contribution >= 0.6 is 0 Å². The first-order valence-electron chi connectivity index (χ1n) is 4.85. The molecule has 0 saturated carbocycles. The van der Waals surface area contributed by atoms with E-state index in [2.05, 4.69) is 10.0 Å². The Kier molecular flexibility index (Phi) is 2.66. The van der Waals surface area contributed by atoms with Gasteiger partial charge in [-0.2, -0.15) is 0 Å². The Bertz CT molecular complexity index is 468. The quantitative estimate of drug-likeness (QED) is 0.445. The minimum absolute atomic E-state index is 0.219. The molecule has 82 valence electrons. The van der Waals surface area contributed by atoms with Crippen molar-refractivity contribution in [3.63, 3.8) is 0 Å². The van der Waals surface area contributed by atoms with Crippen LogP contribution in [0, 0.1) is 0 Å². The zero-order valence-corrected chi connectivity index (χ0v) is 8.45. The van der Waals surface area contributed by atoms with Gasteiger partial charge in [0.05, 0.1) is 11.7 Å². The average Bonchev–Trinajstić information content (AvgIpc) is 2.28. The Labute approximate surface area is 91.7 Å². The van der Waals surface area contributed by atoms with Gasteiger partial charge >= 0.3 is 6.09 Å². The lowest BCUT2D eigenvalue weighted by Crippen LogP contribution is -2.40. The van der Waals surface area contributed by atoms with Gasteiger partial charge in [0.15, 0.2) is 0 Å². The van der Waals surface area contributed by atoms with Crippen molar-refractivity contribution in [1.82, 2.24) is 0 Å². The summed E-state index contributed by atoms with van der Waals surface area (Å²) in [4.78, 5) is 15.0. The first kappa shape index (κ1) is 10.3. The van der Waals surface area contributed by atoms with E-state index in [0.717, 1.165) is 5.56 Å².